The maximum atomic E-state index is 13.3. The van der Waals surface area contributed by atoms with Crippen LogP contribution in [0.5, 0.6) is 5.75 Å². The smallest absolute Gasteiger partial charge is 0.255 e. The van der Waals surface area contributed by atoms with Gasteiger partial charge < -0.3 is 10.1 Å². The van der Waals surface area contributed by atoms with E-state index in [4.69, 9.17) is 16.3 Å². The highest BCUT2D eigenvalue weighted by Crippen LogP contribution is 2.25. The highest BCUT2D eigenvalue weighted by molar-refractivity contribution is 9.10. The van der Waals surface area contributed by atoms with Crippen molar-refractivity contribution in [2.45, 2.75) is 0 Å². The van der Waals surface area contributed by atoms with Crippen LogP contribution in [0, 0.1) is 5.82 Å². The fraction of sp³-hybridized carbons (Fsp3) is 0.0714. The summed E-state index contributed by atoms with van der Waals surface area (Å²) >= 11 is 9.12. The van der Waals surface area contributed by atoms with Crippen LogP contribution in [0.4, 0.5) is 10.1 Å². The van der Waals surface area contributed by atoms with Gasteiger partial charge in [0.05, 0.1) is 12.1 Å². The Bertz CT molecular complexity index is 664. The molecule has 0 radical (unpaired) electrons. The molecule has 0 unspecified atom stereocenters. The highest BCUT2D eigenvalue weighted by atomic mass is 79.9. The molecule has 1 amide bonds. The Labute approximate surface area is 128 Å². The van der Waals surface area contributed by atoms with Crippen LogP contribution in [0.15, 0.2) is 40.9 Å². The molecule has 20 heavy (non-hydrogen) atoms. The first kappa shape index (κ1) is 14.8. The van der Waals surface area contributed by atoms with Gasteiger partial charge in [0.25, 0.3) is 5.91 Å². The standard InChI is InChI=1S/C14H10BrClFNO2/c1-20-13-7-9(3-5-12(13)17)18-14(19)8-2-4-11(16)10(15)6-8/h2-7H,1H3,(H,18,19). The van der Waals surface area contributed by atoms with Crippen molar-refractivity contribution >= 4 is 39.1 Å². The minimum Gasteiger partial charge on any atom is -0.494 e. The summed E-state index contributed by atoms with van der Waals surface area (Å²) in [6.07, 6.45) is 0. The molecule has 104 valence electrons. The SMILES string of the molecule is COc1cc(NC(=O)c2ccc(Cl)c(Br)c2)ccc1F. The minimum atomic E-state index is -0.486. The molecule has 0 saturated carbocycles. The van der Waals surface area contributed by atoms with E-state index in [1.807, 2.05) is 0 Å². The predicted octanol–water partition coefficient (Wildman–Crippen LogP) is 4.50. The van der Waals surface area contributed by atoms with Crippen LogP contribution < -0.4 is 10.1 Å². The molecule has 0 heterocycles. The van der Waals surface area contributed by atoms with Crippen LogP contribution in [0.3, 0.4) is 0 Å². The lowest BCUT2D eigenvalue weighted by Crippen LogP contribution is -2.12. The van der Waals surface area contributed by atoms with Crippen LogP contribution >= 0.6 is 27.5 Å². The van der Waals surface area contributed by atoms with Crippen molar-refractivity contribution < 1.29 is 13.9 Å². The van der Waals surface area contributed by atoms with Crippen LogP contribution in [0.25, 0.3) is 0 Å². The van der Waals surface area contributed by atoms with Gasteiger partial charge in [-0.15, -0.1) is 0 Å². The first-order valence-electron chi connectivity index (χ1n) is 5.61. The van der Waals surface area contributed by atoms with Crippen molar-refractivity contribution in [1.82, 2.24) is 0 Å². The van der Waals surface area contributed by atoms with E-state index >= 15 is 0 Å². The van der Waals surface area contributed by atoms with Crippen molar-refractivity contribution in [2.75, 3.05) is 12.4 Å². The van der Waals surface area contributed by atoms with Gasteiger partial charge in [-0.25, -0.2) is 4.39 Å². The Morgan fingerprint density at radius 3 is 2.70 bits per heavy atom. The summed E-state index contributed by atoms with van der Waals surface area (Å²) in [5.41, 5.74) is 0.879. The molecule has 2 rings (SSSR count). The van der Waals surface area contributed by atoms with Crippen LogP contribution in [-0.2, 0) is 0 Å². The number of carbonyl (C=O) groups excluding carboxylic acids is 1. The lowest BCUT2D eigenvalue weighted by Gasteiger charge is -2.08. The predicted molar refractivity (Wildman–Crippen MR) is 80.1 cm³/mol. The number of amides is 1. The average Bonchev–Trinajstić information content (AvgIpc) is 2.43. The molecular formula is C14H10BrClFNO2. The second-order valence-corrected chi connectivity index (χ2v) is 5.19. The molecule has 3 nitrogen and oxygen atoms in total. The van der Waals surface area contributed by atoms with Crippen LogP contribution in [-0.4, -0.2) is 13.0 Å². The van der Waals surface area contributed by atoms with Crippen molar-refractivity contribution in [1.29, 1.82) is 0 Å². The molecule has 0 spiro atoms. The zero-order chi connectivity index (χ0) is 14.7. The normalized spacial score (nSPS) is 10.2. The summed E-state index contributed by atoms with van der Waals surface area (Å²) in [6, 6.07) is 8.93. The molecule has 0 atom stereocenters. The zero-order valence-electron chi connectivity index (χ0n) is 10.4. The van der Waals surface area contributed by atoms with E-state index in [2.05, 4.69) is 21.2 Å². The number of methoxy groups -OCH3 is 1. The van der Waals surface area contributed by atoms with Gasteiger partial charge in [0.15, 0.2) is 11.6 Å². The van der Waals surface area contributed by atoms with E-state index in [1.165, 1.54) is 25.3 Å². The average molecular weight is 359 g/mol. The quantitative estimate of drug-likeness (QED) is 0.877. The third-order valence-electron chi connectivity index (χ3n) is 2.59. The number of carbonyl (C=O) groups is 1. The van der Waals surface area contributed by atoms with E-state index in [1.54, 1.807) is 18.2 Å². The van der Waals surface area contributed by atoms with E-state index in [0.717, 1.165) is 0 Å². The third kappa shape index (κ3) is 3.29. The third-order valence-corrected chi connectivity index (χ3v) is 3.80. The largest absolute Gasteiger partial charge is 0.494 e. The second kappa shape index (κ2) is 6.24. The number of halogens is 3. The summed E-state index contributed by atoms with van der Waals surface area (Å²) in [5, 5.41) is 3.18. The Hall–Kier alpha value is -1.59. The number of hydrogen-bond donors (Lipinski definition) is 1. The van der Waals surface area contributed by atoms with Gasteiger partial charge in [0, 0.05) is 21.8 Å². The molecule has 0 aliphatic heterocycles. The van der Waals surface area contributed by atoms with E-state index in [-0.39, 0.29) is 11.7 Å². The van der Waals surface area contributed by atoms with Gasteiger partial charge in [-0.3, -0.25) is 4.79 Å². The van der Waals surface area contributed by atoms with E-state index < -0.39 is 5.82 Å². The summed E-state index contributed by atoms with van der Waals surface area (Å²) in [6.45, 7) is 0. The van der Waals surface area contributed by atoms with Crippen molar-refractivity contribution in [3.8, 4) is 5.75 Å². The number of rotatable bonds is 3. The summed E-state index contributed by atoms with van der Waals surface area (Å²) in [5.74, 6) is -0.740. The number of hydrogen-bond acceptors (Lipinski definition) is 2. The fourth-order valence-electron chi connectivity index (χ4n) is 1.58. The summed E-state index contributed by atoms with van der Waals surface area (Å²) < 4.78 is 18.8. The van der Waals surface area contributed by atoms with Gasteiger partial charge in [0.1, 0.15) is 0 Å². The van der Waals surface area contributed by atoms with Crippen LogP contribution in [0.2, 0.25) is 5.02 Å². The summed E-state index contributed by atoms with van der Waals surface area (Å²) in [4.78, 5) is 12.1. The highest BCUT2D eigenvalue weighted by Gasteiger charge is 2.10. The maximum absolute atomic E-state index is 13.3. The van der Waals surface area contributed by atoms with Gasteiger partial charge >= 0.3 is 0 Å². The molecule has 1 N–H and O–H groups in total. The number of nitrogens with one attached hydrogen (secondary N) is 1. The molecule has 2 aromatic rings. The minimum absolute atomic E-state index is 0.0695. The van der Waals surface area contributed by atoms with Gasteiger partial charge in [-0.1, -0.05) is 11.6 Å². The Kier molecular flexibility index (Phi) is 4.62. The number of anilines is 1. The first-order chi connectivity index (χ1) is 9.51. The Morgan fingerprint density at radius 1 is 1.30 bits per heavy atom. The molecular weight excluding hydrogens is 349 g/mol. The zero-order valence-corrected chi connectivity index (χ0v) is 12.8. The summed E-state index contributed by atoms with van der Waals surface area (Å²) in [7, 11) is 1.36. The van der Waals surface area contributed by atoms with Crippen molar-refractivity contribution in [2.24, 2.45) is 0 Å². The topological polar surface area (TPSA) is 38.3 Å². The maximum Gasteiger partial charge on any atom is 0.255 e. The first-order valence-corrected chi connectivity index (χ1v) is 6.78. The van der Waals surface area contributed by atoms with Gasteiger partial charge in [-0.05, 0) is 46.3 Å². The molecule has 0 aromatic heterocycles. The Balaban J connectivity index is 2.21. The molecule has 0 saturated heterocycles. The molecule has 6 heteroatoms. The lowest BCUT2D eigenvalue weighted by molar-refractivity contribution is 0.102. The van der Waals surface area contributed by atoms with Crippen LogP contribution in [0.1, 0.15) is 10.4 Å². The molecule has 0 bridgehead atoms. The van der Waals surface area contributed by atoms with Crippen molar-refractivity contribution in [3.63, 3.8) is 0 Å². The molecule has 0 aliphatic carbocycles. The molecule has 0 fully saturated rings. The van der Waals surface area contributed by atoms with Crippen molar-refractivity contribution in [3.05, 3.63) is 57.3 Å². The molecule has 2 aromatic carbocycles. The monoisotopic (exact) mass is 357 g/mol. The number of benzene rings is 2. The second-order valence-electron chi connectivity index (χ2n) is 3.93. The van der Waals surface area contributed by atoms with Gasteiger partial charge in [0.2, 0.25) is 0 Å². The number of ether oxygens (including phenoxy) is 1. The lowest BCUT2D eigenvalue weighted by atomic mass is 10.2. The Morgan fingerprint density at radius 2 is 2.05 bits per heavy atom. The molecule has 0 aliphatic rings. The van der Waals surface area contributed by atoms with Gasteiger partial charge in [-0.2, -0.15) is 0 Å². The van der Waals surface area contributed by atoms with E-state index in [0.29, 0.717) is 20.7 Å². The van der Waals surface area contributed by atoms with E-state index in [9.17, 15) is 9.18 Å². The fourth-order valence-corrected chi connectivity index (χ4v) is 2.07.